The Kier molecular flexibility index (Phi) is 2.76. The maximum atomic E-state index is 6.18. The number of anilines is 1. The highest BCUT2D eigenvalue weighted by atomic mass is 35.5. The predicted molar refractivity (Wildman–Crippen MR) is 77.4 cm³/mol. The van der Waals surface area contributed by atoms with Crippen molar-refractivity contribution in [3.63, 3.8) is 0 Å². The first-order chi connectivity index (χ1) is 8.96. The van der Waals surface area contributed by atoms with E-state index in [1.54, 1.807) is 7.11 Å². The van der Waals surface area contributed by atoms with Crippen molar-refractivity contribution >= 4 is 28.6 Å². The number of rotatable bonds is 2. The van der Waals surface area contributed by atoms with Crippen LogP contribution >= 0.6 is 11.6 Å². The van der Waals surface area contributed by atoms with Crippen LogP contribution in [0.1, 0.15) is 26.3 Å². The van der Waals surface area contributed by atoms with Gasteiger partial charge in [0.25, 0.3) is 0 Å². The fourth-order valence-electron chi connectivity index (χ4n) is 3.13. The Balaban J connectivity index is 2.12. The number of benzene rings is 1. The van der Waals surface area contributed by atoms with Gasteiger partial charge in [-0.2, -0.15) is 0 Å². The zero-order chi connectivity index (χ0) is 13.8. The summed E-state index contributed by atoms with van der Waals surface area (Å²) in [4.78, 5) is 4.40. The number of fused-ring (bicyclic) bond motifs is 1. The van der Waals surface area contributed by atoms with Gasteiger partial charge in [-0.05, 0) is 18.6 Å². The van der Waals surface area contributed by atoms with Gasteiger partial charge in [-0.15, -0.1) is 0 Å². The van der Waals surface area contributed by atoms with E-state index in [-0.39, 0.29) is 11.5 Å². The van der Waals surface area contributed by atoms with E-state index in [1.807, 2.05) is 18.2 Å². The average molecular weight is 280 g/mol. The summed E-state index contributed by atoms with van der Waals surface area (Å²) in [6.45, 7) is 4.40. The molecule has 1 heterocycles. The van der Waals surface area contributed by atoms with Crippen LogP contribution in [0.25, 0.3) is 11.0 Å². The molecule has 2 aromatic rings. The molecule has 0 amide bonds. The largest absolute Gasteiger partial charge is 0.381 e. The molecular formula is C14H18ClN3O. The molecule has 1 saturated carbocycles. The van der Waals surface area contributed by atoms with Crippen LogP contribution in [0.2, 0.25) is 5.02 Å². The normalized spacial score (nSPS) is 25.5. The minimum Gasteiger partial charge on any atom is -0.381 e. The Hall–Kier alpha value is -1.26. The zero-order valence-electron chi connectivity index (χ0n) is 11.4. The highest BCUT2D eigenvalue weighted by Crippen LogP contribution is 2.52. The van der Waals surface area contributed by atoms with Gasteiger partial charge in [-0.1, -0.05) is 31.5 Å². The fourth-order valence-corrected chi connectivity index (χ4v) is 3.34. The van der Waals surface area contributed by atoms with Gasteiger partial charge in [0, 0.05) is 18.6 Å². The number of imidazole rings is 1. The van der Waals surface area contributed by atoms with Gasteiger partial charge < -0.3 is 15.0 Å². The van der Waals surface area contributed by atoms with Crippen LogP contribution in [-0.2, 0) is 4.74 Å². The number of para-hydroxylation sites is 1. The zero-order valence-corrected chi connectivity index (χ0v) is 12.1. The molecule has 102 valence electrons. The molecule has 1 aliphatic carbocycles. The van der Waals surface area contributed by atoms with Crippen molar-refractivity contribution in [3.8, 4) is 0 Å². The molecule has 0 radical (unpaired) electrons. The first-order valence-corrected chi connectivity index (χ1v) is 6.79. The lowest BCUT2D eigenvalue weighted by Crippen LogP contribution is -2.51. The average Bonchev–Trinajstić information content (AvgIpc) is 2.68. The number of aromatic nitrogens is 2. The van der Waals surface area contributed by atoms with Crippen LogP contribution in [-0.4, -0.2) is 22.8 Å². The molecule has 1 aromatic carbocycles. The van der Waals surface area contributed by atoms with Crippen LogP contribution in [0.3, 0.4) is 0 Å². The van der Waals surface area contributed by atoms with Crippen LogP contribution in [0, 0.1) is 5.41 Å². The van der Waals surface area contributed by atoms with Crippen molar-refractivity contribution in [3.05, 3.63) is 23.2 Å². The van der Waals surface area contributed by atoms with E-state index in [4.69, 9.17) is 22.1 Å². The number of nitrogens with two attached hydrogens (primary N) is 1. The second kappa shape index (κ2) is 4.12. The van der Waals surface area contributed by atoms with Crippen molar-refractivity contribution in [2.45, 2.75) is 32.4 Å². The number of ether oxygens (including phenoxy) is 1. The SMILES string of the molecule is COC1CC(n2c(N)nc3c(Cl)cccc32)C1(C)C. The number of hydrogen-bond donors (Lipinski definition) is 1. The number of nitrogens with zero attached hydrogens (tertiary/aromatic N) is 2. The quantitative estimate of drug-likeness (QED) is 0.918. The molecule has 2 unspecified atom stereocenters. The second-order valence-corrected chi connectivity index (χ2v) is 6.15. The van der Waals surface area contributed by atoms with Gasteiger partial charge in [0.15, 0.2) is 0 Å². The number of hydrogen-bond acceptors (Lipinski definition) is 3. The molecule has 0 bridgehead atoms. The second-order valence-electron chi connectivity index (χ2n) is 5.74. The summed E-state index contributed by atoms with van der Waals surface area (Å²) in [7, 11) is 1.76. The lowest BCUT2D eigenvalue weighted by molar-refractivity contribution is -0.110. The summed E-state index contributed by atoms with van der Waals surface area (Å²) in [6.07, 6.45) is 1.21. The summed E-state index contributed by atoms with van der Waals surface area (Å²) in [5.41, 5.74) is 7.91. The Morgan fingerprint density at radius 1 is 1.47 bits per heavy atom. The first kappa shape index (κ1) is 12.8. The van der Waals surface area contributed by atoms with Gasteiger partial charge in [0.1, 0.15) is 5.52 Å². The Morgan fingerprint density at radius 3 is 2.84 bits per heavy atom. The molecule has 19 heavy (non-hydrogen) atoms. The lowest BCUT2D eigenvalue weighted by Gasteiger charge is -2.51. The van der Waals surface area contributed by atoms with Crippen molar-refractivity contribution < 1.29 is 4.74 Å². The van der Waals surface area contributed by atoms with Crippen molar-refractivity contribution in [2.24, 2.45) is 5.41 Å². The molecule has 0 spiro atoms. The number of halogens is 1. The molecule has 4 nitrogen and oxygen atoms in total. The van der Waals surface area contributed by atoms with Gasteiger partial charge in [0.2, 0.25) is 5.95 Å². The molecule has 3 rings (SSSR count). The van der Waals surface area contributed by atoms with E-state index >= 15 is 0 Å². The molecule has 0 aliphatic heterocycles. The number of nitrogen functional groups attached to an aromatic ring is 1. The summed E-state index contributed by atoms with van der Waals surface area (Å²) < 4.78 is 7.60. The molecule has 0 saturated heterocycles. The van der Waals surface area contributed by atoms with E-state index in [2.05, 4.69) is 23.4 Å². The highest BCUT2D eigenvalue weighted by Gasteiger charge is 2.50. The summed E-state index contributed by atoms with van der Waals surface area (Å²) in [5.74, 6) is 0.524. The standard InChI is InChI=1S/C14H18ClN3O/c1-14(2)10(7-11(14)19-3)18-9-6-4-5-8(15)12(9)17-13(18)16/h4-6,10-11H,7H2,1-3H3,(H2,16,17). The summed E-state index contributed by atoms with van der Waals surface area (Å²) in [6, 6.07) is 6.08. The minimum absolute atomic E-state index is 0.0405. The van der Waals surface area contributed by atoms with Gasteiger partial charge in [0.05, 0.1) is 16.6 Å². The van der Waals surface area contributed by atoms with Crippen molar-refractivity contribution in [1.29, 1.82) is 0 Å². The van der Waals surface area contributed by atoms with Crippen LogP contribution in [0.4, 0.5) is 5.95 Å². The van der Waals surface area contributed by atoms with Gasteiger partial charge in [-0.25, -0.2) is 4.98 Å². The van der Waals surface area contributed by atoms with E-state index < -0.39 is 0 Å². The lowest BCUT2D eigenvalue weighted by atomic mass is 9.64. The van der Waals surface area contributed by atoms with Crippen molar-refractivity contribution in [2.75, 3.05) is 12.8 Å². The highest BCUT2D eigenvalue weighted by molar-refractivity contribution is 6.35. The van der Waals surface area contributed by atoms with Crippen LogP contribution in [0.5, 0.6) is 0 Å². The third kappa shape index (κ3) is 1.66. The molecule has 1 aromatic heterocycles. The summed E-state index contributed by atoms with van der Waals surface area (Å²) in [5, 5.41) is 0.642. The van der Waals surface area contributed by atoms with Gasteiger partial charge >= 0.3 is 0 Å². The molecule has 2 atom stereocenters. The molecule has 1 aliphatic rings. The minimum atomic E-state index is 0.0405. The molecule has 1 fully saturated rings. The molecule has 2 N–H and O–H groups in total. The van der Waals surface area contributed by atoms with E-state index in [0.29, 0.717) is 17.0 Å². The molecule has 5 heteroatoms. The first-order valence-electron chi connectivity index (χ1n) is 6.41. The maximum absolute atomic E-state index is 6.18. The maximum Gasteiger partial charge on any atom is 0.201 e. The Morgan fingerprint density at radius 2 is 2.21 bits per heavy atom. The Bertz CT molecular complexity index is 635. The van der Waals surface area contributed by atoms with E-state index in [0.717, 1.165) is 17.5 Å². The van der Waals surface area contributed by atoms with Crippen LogP contribution in [0.15, 0.2) is 18.2 Å². The third-order valence-corrected chi connectivity index (χ3v) is 4.73. The van der Waals surface area contributed by atoms with Crippen LogP contribution < -0.4 is 5.73 Å². The van der Waals surface area contributed by atoms with Gasteiger partial charge in [-0.3, -0.25) is 0 Å². The number of methoxy groups -OCH3 is 1. The fraction of sp³-hybridized carbons (Fsp3) is 0.500. The Labute approximate surface area is 117 Å². The third-order valence-electron chi connectivity index (χ3n) is 4.42. The van der Waals surface area contributed by atoms with E-state index in [1.165, 1.54) is 0 Å². The molecular weight excluding hydrogens is 262 g/mol. The van der Waals surface area contributed by atoms with E-state index in [9.17, 15) is 0 Å². The monoisotopic (exact) mass is 279 g/mol. The summed E-state index contributed by atoms with van der Waals surface area (Å²) >= 11 is 6.18. The smallest absolute Gasteiger partial charge is 0.201 e. The topological polar surface area (TPSA) is 53.1 Å². The van der Waals surface area contributed by atoms with Crippen molar-refractivity contribution in [1.82, 2.24) is 9.55 Å². The predicted octanol–water partition coefficient (Wildman–Crippen LogP) is 3.26.